The third-order valence-electron chi connectivity index (χ3n) is 5.73. The maximum atomic E-state index is 12.9. The van der Waals surface area contributed by atoms with Crippen LogP contribution in [0.15, 0.2) is 64.1 Å². The van der Waals surface area contributed by atoms with Crippen LogP contribution in [0.25, 0.3) is 0 Å². The van der Waals surface area contributed by atoms with E-state index in [4.69, 9.17) is 16.7 Å². The molecule has 2 aliphatic heterocycles. The van der Waals surface area contributed by atoms with Gasteiger partial charge in [-0.3, -0.25) is 0 Å². The third kappa shape index (κ3) is 5.00. The fourth-order valence-electron chi connectivity index (χ4n) is 4.07. The van der Waals surface area contributed by atoms with Crippen molar-refractivity contribution in [3.05, 3.63) is 70.7 Å². The first-order valence-electron chi connectivity index (χ1n) is 10.7. The van der Waals surface area contributed by atoms with Crippen molar-refractivity contribution in [1.82, 2.24) is 9.31 Å². The molecular formula is C23H27ClN4O2S. The first-order valence-corrected chi connectivity index (χ1v) is 12.5. The first-order chi connectivity index (χ1) is 15.0. The van der Waals surface area contributed by atoms with Crippen molar-refractivity contribution in [1.29, 1.82) is 0 Å². The van der Waals surface area contributed by atoms with E-state index in [1.807, 2.05) is 49.4 Å². The highest BCUT2D eigenvalue weighted by Gasteiger charge is 2.32. The lowest BCUT2D eigenvalue weighted by atomic mass is 9.91. The molecule has 4 rings (SSSR count). The van der Waals surface area contributed by atoms with Crippen LogP contribution in [0.2, 0.25) is 5.02 Å². The molecule has 8 heteroatoms. The molecule has 0 aromatic heterocycles. The van der Waals surface area contributed by atoms with Crippen LogP contribution in [0.4, 0.5) is 0 Å². The minimum Gasteiger partial charge on any atom is -0.249 e. The van der Waals surface area contributed by atoms with Gasteiger partial charge >= 0.3 is 10.2 Å². The minimum absolute atomic E-state index is 0.0109. The van der Waals surface area contributed by atoms with E-state index in [9.17, 15) is 8.42 Å². The maximum Gasteiger partial charge on any atom is 0.324 e. The molecule has 0 saturated carbocycles. The van der Waals surface area contributed by atoms with E-state index >= 15 is 0 Å². The maximum absolute atomic E-state index is 12.9. The molecule has 1 saturated heterocycles. The Kier molecular flexibility index (Phi) is 6.74. The molecule has 2 aromatic rings. The van der Waals surface area contributed by atoms with Gasteiger partial charge in [-0.2, -0.15) is 17.8 Å². The van der Waals surface area contributed by atoms with Crippen molar-refractivity contribution in [2.24, 2.45) is 9.50 Å². The number of hydrogen-bond acceptors (Lipinski definition) is 3. The van der Waals surface area contributed by atoms with Gasteiger partial charge in [-0.25, -0.2) is 5.01 Å². The molecule has 2 aromatic carbocycles. The fourth-order valence-corrected chi connectivity index (χ4v) is 5.52. The van der Waals surface area contributed by atoms with Gasteiger partial charge in [0.2, 0.25) is 0 Å². The van der Waals surface area contributed by atoms with Crippen LogP contribution < -0.4 is 0 Å². The Hall–Kier alpha value is -2.22. The second-order valence-electron chi connectivity index (χ2n) is 7.84. The zero-order valence-electron chi connectivity index (χ0n) is 17.6. The number of nitrogens with zero attached hydrogens (tertiary/aromatic N) is 4. The van der Waals surface area contributed by atoms with Gasteiger partial charge in [0.15, 0.2) is 0 Å². The van der Waals surface area contributed by atoms with Gasteiger partial charge in [0.1, 0.15) is 5.84 Å². The SMILES string of the molecule is CC/C(=N/S(=O)(=O)N1CCCCC1)N1C[C@H](c2ccccc2)C(c2ccc(Cl)cc2)=N1. The largest absolute Gasteiger partial charge is 0.324 e. The molecule has 0 unspecified atom stereocenters. The van der Waals surface area contributed by atoms with E-state index in [2.05, 4.69) is 16.5 Å². The van der Waals surface area contributed by atoms with E-state index in [0.717, 1.165) is 36.1 Å². The molecule has 0 amide bonds. The summed E-state index contributed by atoms with van der Waals surface area (Å²) in [4.78, 5) is 0. The summed E-state index contributed by atoms with van der Waals surface area (Å²) in [5.41, 5.74) is 2.99. The highest BCUT2D eigenvalue weighted by atomic mass is 35.5. The summed E-state index contributed by atoms with van der Waals surface area (Å²) in [6, 6.07) is 17.8. The normalized spacial score (nSPS) is 20.7. The van der Waals surface area contributed by atoms with E-state index in [1.165, 1.54) is 4.31 Å². The Morgan fingerprint density at radius 3 is 2.39 bits per heavy atom. The monoisotopic (exact) mass is 458 g/mol. The summed E-state index contributed by atoms with van der Waals surface area (Å²) in [6.07, 6.45) is 3.31. The van der Waals surface area contributed by atoms with Crippen LogP contribution in [0, 0.1) is 0 Å². The molecule has 0 aliphatic carbocycles. The molecule has 164 valence electrons. The van der Waals surface area contributed by atoms with E-state index in [0.29, 0.717) is 36.9 Å². The Labute approximate surface area is 189 Å². The molecule has 0 radical (unpaired) electrons. The number of rotatable bonds is 5. The summed E-state index contributed by atoms with van der Waals surface area (Å²) in [5.74, 6) is 0.479. The van der Waals surface area contributed by atoms with Crippen molar-refractivity contribution in [2.45, 2.75) is 38.5 Å². The Morgan fingerprint density at radius 1 is 1.06 bits per heavy atom. The third-order valence-corrected chi connectivity index (χ3v) is 7.44. The lowest BCUT2D eigenvalue weighted by molar-refractivity contribution is 0.346. The van der Waals surface area contributed by atoms with Crippen molar-refractivity contribution >= 4 is 33.4 Å². The second-order valence-corrected chi connectivity index (χ2v) is 9.87. The summed E-state index contributed by atoms with van der Waals surface area (Å²) in [5, 5.41) is 7.26. The van der Waals surface area contributed by atoms with Crippen LogP contribution in [0.1, 0.15) is 49.7 Å². The van der Waals surface area contributed by atoms with Crippen molar-refractivity contribution in [3.63, 3.8) is 0 Å². The average molecular weight is 459 g/mol. The van der Waals surface area contributed by atoms with Crippen LogP contribution >= 0.6 is 11.6 Å². The Balaban J connectivity index is 1.69. The molecule has 31 heavy (non-hydrogen) atoms. The molecule has 6 nitrogen and oxygen atoms in total. The first kappa shape index (κ1) is 22.0. The molecule has 1 atom stereocenters. The van der Waals surface area contributed by atoms with Crippen LogP contribution in [-0.2, 0) is 10.2 Å². The van der Waals surface area contributed by atoms with Crippen LogP contribution in [0.3, 0.4) is 0 Å². The quantitative estimate of drug-likeness (QED) is 0.482. The summed E-state index contributed by atoms with van der Waals surface area (Å²) < 4.78 is 31.5. The summed E-state index contributed by atoms with van der Waals surface area (Å²) >= 11 is 6.08. The molecule has 2 aliphatic rings. The zero-order valence-corrected chi connectivity index (χ0v) is 19.2. The van der Waals surface area contributed by atoms with E-state index < -0.39 is 10.2 Å². The minimum atomic E-state index is -3.71. The lowest BCUT2D eigenvalue weighted by Crippen LogP contribution is -2.36. The van der Waals surface area contributed by atoms with Gasteiger partial charge in [0.25, 0.3) is 0 Å². The number of hydrazone groups is 1. The van der Waals surface area contributed by atoms with Gasteiger partial charge < -0.3 is 0 Å². The molecule has 2 heterocycles. The predicted octanol–water partition coefficient (Wildman–Crippen LogP) is 4.68. The molecule has 0 bridgehead atoms. The second kappa shape index (κ2) is 9.51. The van der Waals surface area contributed by atoms with Gasteiger partial charge in [0, 0.05) is 30.5 Å². The van der Waals surface area contributed by atoms with Gasteiger partial charge in [-0.05, 0) is 36.1 Å². The number of piperidine rings is 1. The van der Waals surface area contributed by atoms with E-state index in [1.54, 1.807) is 5.01 Å². The topological polar surface area (TPSA) is 65.3 Å². The lowest BCUT2D eigenvalue weighted by Gasteiger charge is -2.24. The molecule has 0 N–H and O–H groups in total. The van der Waals surface area contributed by atoms with Crippen molar-refractivity contribution < 1.29 is 8.42 Å². The number of hydrogen-bond donors (Lipinski definition) is 0. The van der Waals surface area contributed by atoms with Crippen LogP contribution in [0.5, 0.6) is 0 Å². The van der Waals surface area contributed by atoms with Gasteiger partial charge in [-0.1, -0.05) is 67.4 Å². The van der Waals surface area contributed by atoms with Crippen molar-refractivity contribution in [2.75, 3.05) is 19.6 Å². The summed E-state index contributed by atoms with van der Waals surface area (Å²) in [6.45, 7) is 3.53. The van der Waals surface area contributed by atoms with Crippen LogP contribution in [-0.4, -0.2) is 48.9 Å². The Morgan fingerprint density at radius 2 is 1.74 bits per heavy atom. The molecule has 1 fully saturated rings. The fraction of sp³-hybridized carbons (Fsp3) is 0.391. The highest BCUT2D eigenvalue weighted by Crippen LogP contribution is 2.30. The Bertz CT molecular complexity index is 1060. The number of benzene rings is 2. The average Bonchev–Trinajstić information content (AvgIpc) is 3.24. The van der Waals surface area contributed by atoms with Gasteiger partial charge in [-0.15, -0.1) is 4.40 Å². The van der Waals surface area contributed by atoms with E-state index in [-0.39, 0.29) is 5.92 Å². The predicted molar refractivity (Wildman–Crippen MR) is 126 cm³/mol. The smallest absolute Gasteiger partial charge is 0.249 e. The van der Waals surface area contributed by atoms with Crippen molar-refractivity contribution in [3.8, 4) is 0 Å². The molecular weight excluding hydrogens is 432 g/mol. The molecule has 0 spiro atoms. The standard InChI is InChI=1S/C23H27ClN4O2S/c1-2-22(26-31(29,30)27-15-7-4-8-16-27)28-17-21(18-9-5-3-6-10-18)23(25-28)19-11-13-20(24)14-12-19/h3,5-6,9-14,21H,2,4,7-8,15-17H2,1H3/b26-22-/t21-/m1/s1. The highest BCUT2D eigenvalue weighted by molar-refractivity contribution is 7.87. The zero-order chi connectivity index (χ0) is 21.8. The number of amidine groups is 1. The number of halogens is 1. The van der Waals surface area contributed by atoms with Gasteiger partial charge in [0.05, 0.1) is 12.3 Å². The summed E-state index contributed by atoms with van der Waals surface area (Å²) in [7, 11) is -3.71.